The summed E-state index contributed by atoms with van der Waals surface area (Å²) in [6.45, 7) is 1.48. The second-order valence-electron chi connectivity index (χ2n) is 6.35. The summed E-state index contributed by atoms with van der Waals surface area (Å²) in [5.74, 6) is 0.363. The van der Waals surface area contributed by atoms with Gasteiger partial charge in [0.25, 0.3) is 5.56 Å². The molecule has 0 atom stereocenters. The summed E-state index contributed by atoms with van der Waals surface area (Å²) < 4.78 is 15.4. The van der Waals surface area contributed by atoms with Crippen molar-refractivity contribution in [1.29, 1.82) is 0 Å². The Hall–Kier alpha value is -3.41. The van der Waals surface area contributed by atoms with Crippen LogP contribution in [0.25, 0.3) is 0 Å². The van der Waals surface area contributed by atoms with Gasteiger partial charge in [-0.05, 0) is 23.3 Å². The molecule has 0 aliphatic heterocycles. The zero-order valence-electron chi connectivity index (χ0n) is 15.7. The minimum atomic E-state index is -0.237. The predicted octanol–water partition coefficient (Wildman–Crippen LogP) is 2.90. The Morgan fingerprint density at radius 3 is 2.32 bits per heavy atom. The van der Waals surface area contributed by atoms with E-state index in [9.17, 15) is 9.18 Å². The topological polar surface area (TPSA) is 58.4 Å². The van der Waals surface area contributed by atoms with Crippen LogP contribution in [-0.2, 0) is 19.6 Å². The quantitative estimate of drug-likeness (QED) is 0.512. The number of benzene rings is 2. The zero-order chi connectivity index (χ0) is 19.8. The Kier molecular flexibility index (Phi) is 6.57. The number of rotatable bonds is 6. The molecule has 3 rings (SSSR count). The first-order valence-electron chi connectivity index (χ1n) is 9.07. The van der Waals surface area contributed by atoms with Gasteiger partial charge in [0.2, 0.25) is 0 Å². The van der Waals surface area contributed by atoms with Crippen LogP contribution in [0.4, 0.5) is 4.39 Å². The number of hydrogen-bond acceptors (Lipinski definition) is 2. The van der Waals surface area contributed by atoms with E-state index in [1.54, 1.807) is 48.1 Å². The van der Waals surface area contributed by atoms with Crippen molar-refractivity contribution in [2.24, 2.45) is 4.99 Å². The van der Waals surface area contributed by atoms with Gasteiger partial charge in [0, 0.05) is 38.0 Å². The lowest BCUT2D eigenvalue weighted by Gasteiger charge is -2.13. The van der Waals surface area contributed by atoms with Crippen LogP contribution in [0.5, 0.6) is 0 Å². The van der Waals surface area contributed by atoms with E-state index in [0.717, 1.165) is 11.1 Å². The average Bonchev–Trinajstić information content (AvgIpc) is 2.72. The number of guanidine groups is 1. The average molecular weight is 378 g/mol. The van der Waals surface area contributed by atoms with Gasteiger partial charge in [-0.25, -0.2) is 4.39 Å². The van der Waals surface area contributed by atoms with Crippen LogP contribution in [0.15, 0.2) is 82.7 Å². The van der Waals surface area contributed by atoms with Crippen LogP contribution in [0, 0.1) is 5.82 Å². The molecule has 6 heteroatoms. The molecule has 0 aliphatic rings. The molecular formula is C22H23FN4O. The Bertz CT molecular complexity index is 996. The van der Waals surface area contributed by atoms with Gasteiger partial charge >= 0.3 is 0 Å². The van der Waals surface area contributed by atoms with Crippen molar-refractivity contribution in [3.8, 4) is 0 Å². The van der Waals surface area contributed by atoms with Crippen molar-refractivity contribution >= 4 is 5.96 Å². The molecule has 0 saturated heterocycles. The third-order valence-electron chi connectivity index (χ3n) is 4.36. The van der Waals surface area contributed by atoms with Gasteiger partial charge in [0.05, 0.1) is 6.54 Å². The van der Waals surface area contributed by atoms with Crippen molar-refractivity contribution in [2.75, 3.05) is 7.05 Å². The molecule has 1 aromatic heterocycles. The van der Waals surface area contributed by atoms with Gasteiger partial charge in [-0.3, -0.25) is 9.79 Å². The minimum absolute atomic E-state index is 0.0158. The second-order valence-corrected chi connectivity index (χ2v) is 6.35. The summed E-state index contributed by atoms with van der Waals surface area (Å²) in [6.07, 6.45) is 1.78. The highest BCUT2D eigenvalue weighted by Gasteiger charge is 2.03. The lowest BCUT2D eigenvalue weighted by atomic mass is 10.1. The molecule has 2 aromatic carbocycles. The zero-order valence-corrected chi connectivity index (χ0v) is 15.7. The Balaban J connectivity index is 1.53. The van der Waals surface area contributed by atoms with Gasteiger partial charge in [0.1, 0.15) is 5.82 Å². The van der Waals surface area contributed by atoms with Gasteiger partial charge in [-0.1, -0.05) is 48.5 Å². The fraction of sp³-hybridized carbons (Fsp3) is 0.182. The molecule has 0 spiro atoms. The minimum Gasteiger partial charge on any atom is -0.352 e. The van der Waals surface area contributed by atoms with E-state index in [4.69, 9.17) is 0 Å². The third-order valence-corrected chi connectivity index (χ3v) is 4.36. The molecule has 0 radical (unpaired) electrons. The number of aliphatic imine (C=N–C) groups is 1. The van der Waals surface area contributed by atoms with Crippen LogP contribution < -0.4 is 16.2 Å². The lowest BCUT2D eigenvalue weighted by molar-refractivity contribution is 0.604. The van der Waals surface area contributed by atoms with Crippen molar-refractivity contribution in [2.45, 2.75) is 19.6 Å². The van der Waals surface area contributed by atoms with Crippen molar-refractivity contribution in [3.05, 3.63) is 106 Å². The molecule has 3 aromatic rings. The smallest absolute Gasteiger partial charge is 0.250 e. The first-order chi connectivity index (χ1) is 13.7. The fourth-order valence-electron chi connectivity index (χ4n) is 2.78. The first-order valence-corrected chi connectivity index (χ1v) is 9.07. The molecule has 5 nitrogen and oxygen atoms in total. The molecule has 1 heterocycles. The predicted molar refractivity (Wildman–Crippen MR) is 110 cm³/mol. The lowest BCUT2D eigenvalue weighted by Crippen LogP contribution is -2.36. The summed E-state index contributed by atoms with van der Waals surface area (Å²) >= 11 is 0. The maximum Gasteiger partial charge on any atom is 0.250 e. The standard InChI is InChI=1S/C22H23FN4O/c1-24-22(26-15-19-6-2-3-7-20(19)23)25-14-17-9-11-18(12-10-17)16-27-13-5-4-8-21(27)28/h2-13H,14-16H2,1H3,(H2,24,25,26). The normalized spacial score (nSPS) is 11.3. The maximum absolute atomic E-state index is 13.7. The summed E-state index contributed by atoms with van der Waals surface area (Å²) in [4.78, 5) is 16.0. The Morgan fingerprint density at radius 2 is 1.61 bits per heavy atom. The van der Waals surface area contributed by atoms with Crippen LogP contribution in [0.2, 0.25) is 0 Å². The highest BCUT2D eigenvalue weighted by molar-refractivity contribution is 5.79. The van der Waals surface area contributed by atoms with Crippen molar-refractivity contribution < 1.29 is 4.39 Å². The van der Waals surface area contributed by atoms with Gasteiger partial charge in [-0.2, -0.15) is 0 Å². The Labute approximate surface area is 163 Å². The molecule has 0 fully saturated rings. The number of aromatic nitrogens is 1. The van der Waals surface area contributed by atoms with Gasteiger partial charge < -0.3 is 15.2 Å². The van der Waals surface area contributed by atoms with E-state index >= 15 is 0 Å². The first kappa shape index (κ1) is 19.4. The molecule has 144 valence electrons. The number of nitrogens with zero attached hydrogens (tertiary/aromatic N) is 2. The summed E-state index contributed by atoms with van der Waals surface area (Å²) in [7, 11) is 1.68. The van der Waals surface area contributed by atoms with E-state index < -0.39 is 0 Å². The molecule has 0 amide bonds. The Morgan fingerprint density at radius 1 is 0.929 bits per heavy atom. The molecule has 28 heavy (non-hydrogen) atoms. The molecule has 0 aliphatic carbocycles. The number of pyridine rings is 1. The number of halogens is 1. The van der Waals surface area contributed by atoms with Crippen LogP contribution >= 0.6 is 0 Å². The highest BCUT2D eigenvalue weighted by Crippen LogP contribution is 2.07. The highest BCUT2D eigenvalue weighted by atomic mass is 19.1. The third kappa shape index (κ3) is 5.30. The summed E-state index contributed by atoms with van der Waals surface area (Å²) in [5, 5.41) is 6.32. The fourth-order valence-corrected chi connectivity index (χ4v) is 2.78. The molecule has 0 bridgehead atoms. The van der Waals surface area contributed by atoms with Gasteiger partial charge in [-0.15, -0.1) is 0 Å². The van der Waals surface area contributed by atoms with Crippen LogP contribution in [0.3, 0.4) is 0 Å². The molecular weight excluding hydrogens is 355 g/mol. The van der Waals surface area contributed by atoms with E-state index in [1.807, 2.05) is 30.3 Å². The van der Waals surface area contributed by atoms with E-state index in [2.05, 4.69) is 15.6 Å². The SMILES string of the molecule is CN=C(NCc1ccc(Cn2ccccc2=O)cc1)NCc1ccccc1F. The number of nitrogens with one attached hydrogen (secondary N) is 2. The summed E-state index contributed by atoms with van der Waals surface area (Å²) in [6, 6.07) is 19.8. The van der Waals surface area contributed by atoms with Crippen molar-refractivity contribution in [1.82, 2.24) is 15.2 Å². The largest absolute Gasteiger partial charge is 0.352 e. The van der Waals surface area contributed by atoms with Crippen molar-refractivity contribution in [3.63, 3.8) is 0 Å². The monoisotopic (exact) mass is 378 g/mol. The van der Waals surface area contributed by atoms with E-state index in [1.165, 1.54) is 6.07 Å². The maximum atomic E-state index is 13.7. The molecule has 0 unspecified atom stereocenters. The van der Waals surface area contributed by atoms with Crippen LogP contribution in [-0.4, -0.2) is 17.6 Å². The summed E-state index contributed by atoms with van der Waals surface area (Å²) in [5.41, 5.74) is 2.71. The van der Waals surface area contributed by atoms with E-state index in [-0.39, 0.29) is 11.4 Å². The molecule has 2 N–H and O–H groups in total. The van der Waals surface area contributed by atoms with Gasteiger partial charge in [0.15, 0.2) is 5.96 Å². The van der Waals surface area contributed by atoms with E-state index in [0.29, 0.717) is 31.2 Å². The number of hydrogen-bond donors (Lipinski definition) is 2. The second kappa shape index (κ2) is 9.50. The molecule has 0 saturated carbocycles. The van der Waals surface area contributed by atoms with Crippen LogP contribution in [0.1, 0.15) is 16.7 Å².